The summed E-state index contributed by atoms with van der Waals surface area (Å²) in [5.41, 5.74) is 2.11. The van der Waals surface area contributed by atoms with E-state index in [1.165, 1.54) is 5.56 Å². The van der Waals surface area contributed by atoms with Crippen molar-refractivity contribution in [2.45, 2.75) is 26.2 Å². The third-order valence-corrected chi connectivity index (χ3v) is 4.00. The van der Waals surface area contributed by atoms with Crippen LogP contribution in [-0.4, -0.2) is 38.6 Å². The van der Waals surface area contributed by atoms with Gasteiger partial charge in [-0.2, -0.15) is 0 Å². The van der Waals surface area contributed by atoms with Crippen molar-refractivity contribution in [1.82, 2.24) is 5.32 Å². The average Bonchev–Trinajstić information content (AvgIpc) is 2.93. The van der Waals surface area contributed by atoms with Crippen LogP contribution in [0.2, 0.25) is 0 Å². The molecule has 1 aliphatic heterocycles. The third kappa shape index (κ3) is 3.85. The van der Waals surface area contributed by atoms with Crippen LogP contribution in [0.4, 0.5) is 5.69 Å². The van der Waals surface area contributed by atoms with Gasteiger partial charge in [-0.05, 0) is 37.0 Å². The summed E-state index contributed by atoms with van der Waals surface area (Å²) in [4.78, 5) is 26.2. The van der Waals surface area contributed by atoms with Gasteiger partial charge in [-0.1, -0.05) is 19.1 Å². The van der Waals surface area contributed by atoms with Crippen LogP contribution in [0.15, 0.2) is 24.3 Å². The van der Waals surface area contributed by atoms with Crippen LogP contribution in [0.25, 0.3) is 0 Å². The second-order valence-electron chi connectivity index (χ2n) is 5.49. The Morgan fingerprint density at radius 1 is 1.36 bits per heavy atom. The van der Waals surface area contributed by atoms with Gasteiger partial charge in [0.25, 0.3) is 0 Å². The maximum atomic E-state index is 12.4. The molecule has 5 nitrogen and oxygen atoms in total. The lowest BCUT2D eigenvalue weighted by Gasteiger charge is -2.17. The molecule has 1 aromatic rings. The Balaban J connectivity index is 1.92. The SMILES string of the molecule is CCc1ccc(N2CC[C@H](C(=O)NCCCOC)C2=O)cc1. The van der Waals surface area contributed by atoms with Crippen molar-refractivity contribution in [2.24, 2.45) is 5.92 Å². The van der Waals surface area contributed by atoms with Gasteiger partial charge in [-0.3, -0.25) is 9.59 Å². The highest BCUT2D eigenvalue weighted by Gasteiger charge is 2.37. The molecule has 0 aliphatic carbocycles. The Morgan fingerprint density at radius 3 is 2.73 bits per heavy atom. The summed E-state index contributed by atoms with van der Waals surface area (Å²) in [6, 6.07) is 7.97. The maximum Gasteiger partial charge on any atom is 0.239 e. The van der Waals surface area contributed by atoms with E-state index >= 15 is 0 Å². The fraction of sp³-hybridized carbons (Fsp3) is 0.529. The van der Waals surface area contributed by atoms with Crippen molar-refractivity contribution in [3.05, 3.63) is 29.8 Å². The minimum Gasteiger partial charge on any atom is -0.385 e. The molecule has 2 amide bonds. The molecule has 0 saturated carbocycles. The molecule has 0 unspecified atom stereocenters. The second-order valence-corrected chi connectivity index (χ2v) is 5.49. The van der Waals surface area contributed by atoms with Crippen LogP contribution in [0.1, 0.15) is 25.3 Å². The lowest BCUT2D eigenvalue weighted by atomic mass is 10.1. The van der Waals surface area contributed by atoms with Crippen molar-refractivity contribution < 1.29 is 14.3 Å². The van der Waals surface area contributed by atoms with E-state index in [2.05, 4.69) is 12.2 Å². The molecule has 120 valence electrons. The van der Waals surface area contributed by atoms with Crippen molar-refractivity contribution in [3.8, 4) is 0 Å². The summed E-state index contributed by atoms with van der Waals surface area (Å²) in [6.07, 6.45) is 2.30. The first-order valence-electron chi connectivity index (χ1n) is 7.84. The van der Waals surface area contributed by atoms with Crippen molar-refractivity contribution >= 4 is 17.5 Å². The van der Waals surface area contributed by atoms with Gasteiger partial charge in [0.2, 0.25) is 11.8 Å². The van der Waals surface area contributed by atoms with Crippen molar-refractivity contribution in [2.75, 3.05) is 31.7 Å². The molecule has 2 rings (SSSR count). The van der Waals surface area contributed by atoms with E-state index in [0.29, 0.717) is 26.1 Å². The average molecular weight is 304 g/mol. The number of anilines is 1. The number of ether oxygens (including phenoxy) is 1. The van der Waals surface area contributed by atoms with Gasteiger partial charge in [-0.15, -0.1) is 0 Å². The quantitative estimate of drug-likeness (QED) is 0.617. The highest BCUT2D eigenvalue weighted by atomic mass is 16.5. The maximum absolute atomic E-state index is 12.4. The molecule has 1 fully saturated rings. The number of rotatable bonds is 7. The Morgan fingerprint density at radius 2 is 2.09 bits per heavy atom. The van der Waals surface area contributed by atoms with E-state index in [0.717, 1.165) is 18.5 Å². The van der Waals surface area contributed by atoms with Crippen LogP contribution >= 0.6 is 0 Å². The smallest absolute Gasteiger partial charge is 0.239 e. The minimum absolute atomic E-state index is 0.103. The molecule has 1 atom stereocenters. The molecule has 1 aliphatic rings. The number of nitrogens with one attached hydrogen (secondary N) is 1. The Hall–Kier alpha value is -1.88. The predicted octanol–water partition coefficient (Wildman–Crippen LogP) is 1.75. The Labute approximate surface area is 131 Å². The Kier molecular flexibility index (Phi) is 5.95. The molecular weight excluding hydrogens is 280 g/mol. The number of benzene rings is 1. The number of hydrogen-bond donors (Lipinski definition) is 1. The van der Waals surface area contributed by atoms with Crippen LogP contribution in [0, 0.1) is 5.92 Å². The van der Waals surface area contributed by atoms with Gasteiger partial charge in [-0.25, -0.2) is 0 Å². The molecule has 1 aromatic carbocycles. The molecule has 0 spiro atoms. The largest absolute Gasteiger partial charge is 0.385 e. The molecule has 0 radical (unpaired) electrons. The van der Waals surface area contributed by atoms with E-state index in [1.807, 2.05) is 24.3 Å². The van der Waals surface area contributed by atoms with Gasteiger partial charge >= 0.3 is 0 Å². The first-order chi connectivity index (χ1) is 10.7. The van der Waals surface area contributed by atoms with Gasteiger partial charge < -0.3 is 15.0 Å². The van der Waals surface area contributed by atoms with Crippen LogP contribution in [0.3, 0.4) is 0 Å². The van der Waals surface area contributed by atoms with Crippen molar-refractivity contribution in [1.29, 1.82) is 0 Å². The number of hydrogen-bond acceptors (Lipinski definition) is 3. The highest BCUT2D eigenvalue weighted by molar-refractivity contribution is 6.09. The molecule has 1 heterocycles. The first-order valence-corrected chi connectivity index (χ1v) is 7.84. The summed E-state index contributed by atoms with van der Waals surface area (Å²) in [5, 5.41) is 2.81. The zero-order valence-electron chi connectivity index (χ0n) is 13.3. The predicted molar refractivity (Wildman–Crippen MR) is 85.8 cm³/mol. The molecular formula is C17H24N2O3. The normalized spacial score (nSPS) is 17.8. The van der Waals surface area contributed by atoms with Gasteiger partial charge in [0.05, 0.1) is 0 Å². The van der Waals surface area contributed by atoms with Crippen LogP contribution in [-0.2, 0) is 20.7 Å². The molecule has 5 heteroatoms. The lowest BCUT2D eigenvalue weighted by molar-refractivity contribution is -0.132. The molecule has 1 saturated heterocycles. The number of aryl methyl sites for hydroxylation is 1. The van der Waals surface area contributed by atoms with E-state index < -0.39 is 5.92 Å². The monoisotopic (exact) mass is 304 g/mol. The number of carbonyl (C=O) groups is 2. The van der Waals surface area contributed by atoms with Gasteiger partial charge in [0.1, 0.15) is 5.92 Å². The zero-order chi connectivity index (χ0) is 15.9. The number of amides is 2. The van der Waals surface area contributed by atoms with Gasteiger partial charge in [0.15, 0.2) is 0 Å². The molecule has 22 heavy (non-hydrogen) atoms. The number of carbonyl (C=O) groups excluding carboxylic acids is 2. The summed E-state index contributed by atoms with van der Waals surface area (Å²) in [6.45, 7) is 3.84. The summed E-state index contributed by atoms with van der Waals surface area (Å²) < 4.78 is 4.94. The van der Waals surface area contributed by atoms with E-state index in [4.69, 9.17) is 4.74 Å². The Bertz CT molecular complexity index is 513. The molecule has 0 aromatic heterocycles. The first kappa shape index (κ1) is 16.5. The summed E-state index contributed by atoms with van der Waals surface area (Å²) >= 11 is 0. The molecule has 1 N–H and O–H groups in total. The topological polar surface area (TPSA) is 58.6 Å². The fourth-order valence-corrected chi connectivity index (χ4v) is 2.64. The minimum atomic E-state index is -0.562. The third-order valence-electron chi connectivity index (χ3n) is 4.00. The highest BCUT2D eigenvalue weighted by Crippen LogP contribution is 2.25. The fourth-order valence-electron chi connectivity index (χ4n) is 2.64. The zero-order valence-corrected chi connectivity index (χ0v) is 13.3. The van der Waals surface area contributed by atoms with Crippen LogP contribution < -0.4 is 10.2 Å². The summed E-state index contributed by atoms with van der Waals surface area (Å²) in [7, 11) is 1.63. The van der Waals surface area contributed by atoms with E-state index in [-0.39, 0.29) is 11.8 Å². The standard InChI is InChI=1S/C17H24N2O3/c1-3-13-5-7-14(8-6-13)19-11-9-15(17(19)21)16(20)18-10-4-12-22-2/h5-8,15H,3-4,9-12H2,1-2H3,(H,18,20)/t15-/m1/s1. The van der Waals surface area contributed by atoms with E-state index in [1.54, 1.807) is 12.0 Å². The lowest BCUT2D eigenvalue weighted by Crippen LogP contribution is -2.37. The van der Waals surface area contributed by atoms with E-state index in [9.17, 15) is 9.59 Å². The number of methoxy groups -OCH3 is 1. The van der Waals surface area contributed by atoms with Gasteiger partial charge in [0, 0.05) is 32.5 Å². The summed E-state index contributed by atoms with van der Waals surface area (Å²) in [5.74, 6) is -0.837. The second kappa shape index (κ2) is 7.94. The number of nitrogens with zero attached hydrogens (tertiary/aromatic N) is 1. The van der Waals surface area contributed by atoms with Crippen molar-refractivity contribution in [3.63, 3.8) is 0 Å². The van der Waals surface area contributed by atoms with Crippen LogP contribution in [0.5, 0.6) is 0 Å². The molecule has 0 bridgehead atoms.